The van der Waals surface area contributed by atoms with Crippen LogP contribution in [0.4, 0.5) is 4.39 Å². The van der Waals surface area contributed by atoms with E-state index >= 15 is 0 Å². The van der Waals surface area contributed by atoms with Crippen LogP contribution < -0.4 is 0 Å². The molecule has 2 rings (SSSR count). The first-order chi connectivity index (χ1) is 8.99. The molecule has 3 heteroatoms. The van der Waals surface area contributed by atoms with Gasteiger partial charge in [0, 0.05) is 10.9 Å². The van der Waals surface area contributed by atoms with Crippen molar-refractivity contribution in [2.45, 2.75) is 20.3 Å². The van der Waals surface area contributed by atoms with Gasteiger partial charge in [0.1, 0.15) is 5.82 Å². The normalized spacial score (nSPS) is 10.5. The van der Waals surface area contributed by atoms with E-state index in [1.807, 2.05) is 32.0 Å². The van der Waals surface area contributed by atoms with E-state index in [9.17, 15) is 9.18 Å². The lowest BCUT2D eigenvalue weighted by molar-refractivity contribution is 0.0988. The SMILES string of the molecule is Cc1cccc(C)c1CC(=O)c1cc(Br)ccc1F. The highest BCUT2D eigenvalue weighted by Gasteiger charge is 2.15. The zero-order chi connectivity index (χ0) is 14.0. The first-order valence-electron chi connectivity index (χ1n) is 6.02. The van der Waals surface area contributed by atoms with E-state index in [0.717, 1.165) is 16.7 Å². The molecule has 19 heavy (non-hydrogen) atoms. The highest BCUT2D eigenvalue weighted by atomic mass is 79.9. The Bertz CT molecular complexity index is 614. The molecular weight excluding hydrogens is 307 g/mol. The Morgan fingerprint density at radius 2 is 1.79 bits per heavy atom. The van der Waals surface area contributed by atoms with Crippen molar-refractivity contribution < 1.29 is 9.18 Å². The van der Waals surface area contributed by atoms with Gasteiger partial charge in [0.05, 0.1) is 5.56 Å². The topological polar surface area (TPSA) is 17.1 Å². The predicted octanol–water partition coefficient (Wildman–Crippen LogP) is 4.63. The molecule has 0 bridgehead atoms. The fourth-order valence-corrected chi connectivity index (χ4v) is 2.46. The summed E-state index contributed by atoms with van der Waals surface area (Å²) >= 11 is 3.26. The summed E-state index contributed by atoms with van der Waals surface area (Å²) in [5, 5.41) is 0. The van der Waals surface area contributed by atoms with E-state index in [-0.39, 0.29) is 17.8 Å². The van der Waals surface area contributed by atoms with Crippen molar-refractivity contribution in [3.8, 4) is 0 Å². The van der Waals surface area contributed by atoms with Crippen LogP contribution >= 0.6 is 15.9 Å². The van der Waals surface area contributed by atoms with Gasteiger partial charge in [-0.25, -0.2) is 4.39 Å². The molecule has 98 valence electrons. The van der Waals surface area contributed by atoms with Crippen LogP contribution in [0.15, 0.2) is 40.9 Å². The Morgan fingerprint density at radius 1 is 1.16 bits per heavy atom. The molecule has 0 aliphatic heterocycles. The molecule has 0 aromatic heterocycles. The standard InChI is InChI=1S/C16H14BrFO/c1-10-4-3-5-11(2)13(10)9-16(19)14-8-12(17)6-7-15(14)18/h3-8H,9H2,1-2H3. The van der Waals surface area contributed by atoms with Crippen LogP contribution in [0.2, 0.25) is 0 Å². The Morgan fingerprint density at radius 3 is 2.42 bits per heavy atom. The fourth-order valence-electron chi connectivity index (χ4n) is 2.09. The molecule has 2 aromatic carbocycles. The third-order valence-corrected chi connectivity index (χ3v) is 3.70. The molecule has 0 amide bonds. The number of ketones is 1. The van der Waals surface area contributed by atoms with Gasteiger partial charge in [-0.15, -0.1) is 0 Å². The second kappa shape index (κ2) is 5.66. The van der Waals surface area contributed by atoms with E-state index in [0.29, 0.717) is 4.47 Å². The number of benzene rings is 2. The van der Waals surface area contributed by atoms with E-state index in [2.05, 4.69) is 15.9 Å². The minimum absolute atomic E-state index is 0.136. The van der Waals surface area contributed by atoms with Gasteiger partial charge in [0.25, 0.3) is 0 Å². The molecule has 0 radical (unpaired) electrons. The van der Waals surface area contributed by atoms with E-state index in [1.165, 1.54) is 12.1 Å². The minimum Gasteiger partial charge on any atom is -0.294 e. The molecule has 1 nitrogen and oxygen atoms in total. The molecule has 0 aliphatic carbocycles. The molecule has 0 spiro atoms. The van der Waals surface area contributed by atoms with Crippen LogP contribution in [-0.2, 0) is 6.42 Å². The third kappa shape index (κ3) is 3.10. The maximum atomic E-state index is 13.7. The number of carbonyl (C=O) groups is 1. The first kappa shape index (κ1) is 13.9. The van der Waals surface area contributed by atoms with Crippen molar-refractivity contribution in [3.05, 3.63) is 68.9 Å². The molecule has 0 unspecified atom stereocenters. The molecule has 0 fully saturated rings. The summed E-state index contributed by atoms with van der Waals surface area (Å²) < 4.78 is 14.4. The predicted molar refractivity (Wildman–Crippen MR) is 78.1 cm³/mol. The van der Waals surface area contributed by atoms with Crippen molar-refractivity contribution >= 4 is 21.7 Å². The molecule has 0 saturated carbocycles. The number of carbonyl (C=O) groups excluding carboxylic acids is 1. The van der Waals surface area contributed by atoms with Crippen molar-refractivity contribution in [1.29, 1.82) is 0 Å². The first-order valence-corrected chi connectivity index (χ1v) is 6.81. The lowest BCUT2D eigenvalue weighted by Gasteiger charge is -2.09. The van der Waals surface area contributed by atoms with Crippen molar-refractivity contribution in [2.24, 2.45) is 0 Å². The Balaban J connectivity index is 2.34. The van der Waals surface area contributed by atoms with Crippen LogP contribution in [0, 0.1) is 19.7 Å². The van der Waals surface area contributed by atoms with E-state index < -0.39 is 5.82 Å². The van der Waals surface area contributed by atoms with Crippen LogP contribution in [0.5, 0.6) is 0 Å². The number of rotatable bonds is 3. The lowest BCUT2D eigenvalue weighted by atomic mass is 9.95. The summed E-state index contributed by atoms with van der Waals surface area (Å²) in [7, 11) is 0. The van der Waals surface area contributed by atoms with E-state index in [4.69, 9.17) is 0 Å². The van der Waals surface area contributed by atoms with Gasteiger partial charge in [0.2, 0.25) is 0 Å². The summed E-state index contributed by atoms with van der Waals surface area (Å²) in [4.78, 5) is 12.2. The van der Waals surface area contributed by atoms with E-state index in [1.54, 1.807) is 6.07 Å². The summed E-state index contributed by atoms with van der Waals surface area (Å²) in [5.74, 6) is -0.671. The van der Waals surface area contributed by atoms with Crippen molar-refractivity contribution in [2.75, 3.05) is 0 Å². The summed E-state index contributed by atoms with van der Waals surface area (Å²) in [6.45, 7) is 3.93. The van der Waals surface area contributed by atoms with Gasteiger partial charge in [-0.3, -0.25) is 4.79 Å². The Hall–Kier alpha value is -1.48. The lowest BCUT2D eigenvalue weighted by Crippen LogP contribution is -2.08. The summed E-state index contributed by atoms with van der Waals surface area (Å²) in [5.41, 5.74) is 3.23. The van der Waals surface area contributed by atoms with Crippen LogP contribution in [0.1, 0.15) is 27.0 Å². The zero-order valence-electron chi connectivity index (χ0n) is 10.8. The second-order valence-electron chi connectivity index (χ2n) is 4.59. The maximum Gasteiger partial charge on any atom is 0.170 e. The van der Waals surface area contributed by atoms with Gasteiger partial charge >= 0.3 is 0 Å². The molecule has 0 heterocycles. The van der Waals surface area contributed by atoms with Crippen LogP contribution in [0.25, 0.3) is 0 Å². The van der Waals surface area contributed by atoms with Gasteiger partial charge in [-0.1, -0.05) is 34.1 Å². The highest BCUT2D eigenvalue weighted by molar-refractivity contribution is 9.10. The molecular formula is C16H14BrFO. The maximum absolute atomic E-state index is 13.7. The summed E-state index contributed by atoms with van der Waals surface area (Å²) in [6, 6.07) is 10.3. The third-order valence-electron chi connectivity index (χ3n) is 3.21. The largest absolute Gasteiger partial charge is 0.294 e. The zero-order valence-corrected chi connectivity index (χ0v) is 12.4. The number of aryl methyl sites for hydroxylation is 2. The molecule has 0 saturated heterocycles. The Labute approximate surface area is 120 Å². The number of halogens is 2. The summed E-state index contributed by atoms with van der Waals surface area (Å²) in [6.07, 6.45) is 0.228. The van der Waals surface area contributed by atoms with Gasteiger partial charge in [0.15, 0.2) is 5.78 Å². The second-order valence-corrected chi connectivity index (χ2v) is 5.51. The molecule has 0 N–H and O–H groups in total. The molecule has 2 aromatic rings. The number of hydrogen-bond acceptors (Lipinski definition) is 1. The Kier molecular flexibility index (Phi) is 4.15. The van der Waals surface area contributed by atoms with Gasteiger partial charge in [-0.05, 0) is 48.7 Å². The number of Topliss-reactive ketones (excluding diaryl/α,β-unsaturated/α-hetero) is 1. The van der Waals surface area contributed by atoms with Crippen LogP contribution in [-0.4, -0.2) is 5.78 Å². The average molecular weight is 321 g/mol. The molecule has 0 atom stereocenters. The van der Waals surface area contributed by atoms with Gasteiger partial charge in [-0.2, -0.15) is 0 Å². The van der Waals surface area contributed by atoms with Crippen molar-refractivity contribution in [3.63, 3.8) is 0 Å². The van der Waals surface area contributed by atoms with Crippen molar-refractivity contribution in [1.82, 2.24) is 0 Å². The molecule has 0 aliphatic rings. The number of hydrogen-bond donors (Lipinski definition) is 0. The highest BCUT2D eigenvalue weighted by Crippen LogP contribution is 2.20. The minimum atomic E-state index is -0.473. The van der Waals surface area contributed by atoms with Gasteiger partial charge < -0.3 is 0 Å². The quantitative estimate of drug-likeness (QED) is 0.753. The van der Waals surface area contributed by atoms with Crippen LogP contribution in [0.3, 0.4) is 0 Å². The smallest absolute Gasteiger partial charge is 0.170 e. The monoisotopic (exact) mass is 320 g/mol. The average Bonchev–Trinajstić information content (AvgIpc) is 2.37. The fraction of sp³-hybridized carbons (Fsp3) is 0.188.